The van der Waals surface area contributed by atoms with E-state index in [1.54, 1.807) is 18.2 Å². The van der Waals surface area contributed by atoms with Gasteiger partial charge in [-0.25, -0.2) is 4.99 Å². The maximum absolute atomic E-state index is 12.2. The Labute approximate surface area is 168 Å². The minimum absolute atomic E-state index is 0.0749. The van der Waals surface area contributed by atoms with Crippen molar-refractivity contribution in [1.29, 1.82) is 0 Å². The number of amidine groups is 1. The Morgan fingerprint density at radius 1 is 1.26 bits per heavy atom. The predicted molar refractivity (Wildman–Crippen MR) is 107 cm³/mol. The van der Waals surface area contributed by atoms with Gasteiger partial charge >= 0.3 is 0 Å². The minimum Gasteiger partial charge on any atom is -0.494 e. The summed E-state index contributed by atoms with van der Waals surface area (Å²) in [5, 5.41) is 14.2. The fraction of sp³-hybridized carbons (Fsp3) is 0.0588. The summed E-state index contributed by atoms with van der Waals surface area (Å²) in [5.74, 6) is 0.177. The highest BCUT2D eigenvalue weighted by molar-refractivity contribution is 8.18. The SMILES string of the molecule is COc1ccccc1N=C1NC(=O)/C(=C/c2cc([N+](=O)[O-])c(Cl)cc2Cl)S1. The van der Waals surface area contributed by atoms with Crippen LogP contribution in [0.25, 0.3) is 6.08 Å². The van der Waals surface area contributed by atoms with Crippen LogP contribution in [0, 0.1) is 10.1 Å². The van der Waals surface area contributed by atoms with Gasteiger partial charge in [-0.15, -0.1) is 0 Å². The number of rotatable bonds is 4. The lowest BCUT2D eigenvalue weighted by molar-refractivity contribution is -0.384. The third kappa shape index (κ3) is 4.24. The minimum atomic E-state index is -0.614. The molecule has 1 aliphatic rings. The van der Waals surface area contributed by atoms with Gasteiger partial charge in [0.15, 0.2) is 5.17 Å². The zero-order valence-corrected chi connectivity index (χ0v) is 16.1. The molecule has 0 saturated carbocycles. The molecule has 1 N–H and O–H groups in total. The number of ether oxygens (including phenoxy) is 1. The Kier molecular flexibility index (Phi) is 5.69. The summed E-state index contributed by atoms with van der Waals surface area (Å²) in [7, 11) is 1.53. The van der Waals surface area contributed by atoms with Crippen LogP contribution >= 0.6 is 35.0 Å². The van der Waals surface area contributed by atoms with E-state index in [1.807, 2.05) is 6.07 Å². The number of nitrogens with zero attached hydrogens (tertiary/aromatic N) is 2. The molecule has 1 heterocycles. The Morgan fingerprint density at radius 3 is 2.70 bits per heavy atom. The molecule has 0 atom stereocenters. The Hall–Kier alpha value is -2.55. The molecule has 1 amide bonds. The molecule has 0 aliphatic carbocycles. The van der Waals surface area contributed by atoms with Gasteiger partial charge in [0, 0.05) is 16.7 Å². The van der Waals surface area contributed by atoms with Gasteiger partial charge < -0.3 is 10.1 Å². The molecule has 1 aliphatic heterocycles. The van der Waals surface area contributed by atoms with Crippen molar-refractivity contribution < 1.29 is 14.5 Å². The molecule has 0 aromatic heterocycles. The molecule has 0 unspecified atom stereocenters. The standard InChI is InChI=1S/C17H11Cl2N3O4S/c1-26-14-5-3-2-4-12(14)20-17-21-16(23)15(27-17)7-9-6-13(22(24)25)11(19)8-10(9)18/h2-8H,1H3,(H,20,21,23)/b15-7-. The van der Waals surface area contributed by atoms with Crippen LogP contribution < -0.4 is 10.1 Å². The number of aliphatic imine (C=N–C) groups is 1. The van der Waals surface area contributed by atoms with Crippen molar-refractivity contribution >= 4 is 63.5 Å². The van der Waals surface area contributed by atoms with E-state index >= 15 is 0 Å². The van der Waals surface area contributed by atoms with E-state index in [2.05, 4.69) is 10.3 Å². The molecule has 3 rings (SSSR count). The summed E-state index contributed by atoms with van der Waals surface area (Å²) < 4.78 is 5.23. The number of nitro benzene ring substituents is 1. The third-order valence-corrected chi connectivity index (χ3v) is 5.05. The van der Waals surface area contributed by atoms with Gasteiger partial charge in [0.2, 0.25) is 0 Å². The number of para-hydroxylation sites is 2. The largest absolute Gasteiger partial charge is 0.494 e. The van der Waals surface area contributed by atoms with Crippen LogP contribution in [-0.4, -0.2) is 23.1 Å². The molecular weight excluding hydrogens is 413 g/mol. The van der Waals surface area contributed by atoms with Gasteiger partial charge in [0.1, 0.15) is 16.5 Å². The smallest absolute Gasteiger partial charge is 0.288 e. The quantitative estimate of drug-likeness (QED) is 0.432. The van der Waals surface area contributed by atoms with Gasteiger partial charge in [0.25, 0.3) is 11.6 Å². The number of nitrogens with one attached hydrogen (secondary N) is 1. The molecule has 2 aromatic rings. The first-order valence-corrected chi connectivity index (χ1v) is 9.02. The van der Waals surface area contributed by atoms with Gasteiger partial charge in [0.05, 0.1) is 16.9 Å². The summed E-state index contributed by atoms with van der Waals surface area (Å²) in [6.07, 6.45) is 1.45. The number of hydrogen-bond acceptors (Lipinski definition) is 6. The number of nitro groups is 1. The molecule has 7 nitrogen and oxygen atoms in total. The average molecular weight is 424 g/mol. The number of carbonyl (C=O) groups excluding carboxylic acids is 1. The molecule has 27 heavy (non-hydrogen) atoms. The fourth-order valence-electron chi connectivity index (χ4n) is 2.26. The first kappa shape index (κ1) is 19.2. The van der Waals surface area contributed by atoms with Crippen LogP contribution in [-0.2, 0) is 4.79 Å². The lowest BCUT2D eigenvalue weighted by Crippen LogP contribution is -2.19. The number of halogens is 2. The van der Waals surface area contributed by atoms with Crippen LogP contribution in [0.5, 0.6) is 5.75 Å². The average Bonchev–Trinajstić information content (AvgIpc) is 2.96. The normalized spacial score (nSPS) is 16.6. The number of thioether (sulfide) groups is 1. The van der Waals surface area contributed by atoms with Crippen molar-refractivity contribution in [2.24, 2.45) is 4.99 Å². The Bertz CT molecular complexity index is 1010. The second-order valence-corrected chi connectivity index (χ2v) is 7.08. The first-order chi connectivity index (χ1) is 12.9. The van der Waals surface area contributed by atoms with Crippen LogP contribution in [0.3, 0.4) is 0 Å². The molecule has 0 spiro atoms. The lowest BCUT2D eigenvalue weighted by Gasteiger charge is -2.03. The van der Waals surface area contributed by atoms with Crippen molar-refractivity contribution in [2.75, 3.05) is 7.11 Å². The number of carbonyl (C=O) groups is 1. The second kappa shape index (κ2) is 7.99. The third-order valence-electron chi connectivity index (χ3n) is 3.51. The van der Waals surface area contributed by atoms with Crippen LogP contribution in [0.1, 0.15) is 5.56 Å². The van der Waals surface area contributed by atoms with Crippen molar-refractivity contribution in [2.45, 2.75) is 0 Å². The van der Waals surface area contributed by atoms with Gasteiger partial charge in [-0.3, -0.25) is 14.9 Å². The molecular formula is C17H11Cl2N3O4S. The molecule has 0 radical (unpaired) electrons. The Morgan fingerprint density at radius 2 is 2.00 bits per heavy atom. The maximum atomic E-state index is 12.2. The van der Waals surface area contributed by atoms with E-state index in [1.165, 1.54) is 25.3 Å². The molecule has 1 fully saturated rings. The predicted octanol–water partition coefficient (Wildman–Crippen LogP) is 4.80. The summed E-state index contributed by atoms with van der Waals surface area (Å²) in [6, 6.07) is 9.61. The zero-order chi connectivity index (χ0) is 19.6. The van der Waals surface area contributed by atoms with Crippen molar-refractivity contribution in [1.82, 2.24) is 5.32 Å². The topological polar surface area (TPSA) is 93.8 Å². The molecule has 1 saturated heterocycles. The number of benzene rings is 2. The van der Waals surface area contributed by atoms with E-state index in [9.17, 15) is 14.9 Å². The molecule has 138 valence electrons. The van der Waals surface area contributed by atoms with Crippen LogP contribution in [0.2, 0.25) is 10.0 Å². The lowest BCUT2D eigenvalue weighted by atomic mass is 10.2. The maximum Gasteiger partial charge on any atom is 0.288 e. The van der Waals surface area contributed by atoms with E-state index < -0.39 is 4.92 Å². The highest BCUT2D eigenvalue weighted by Gasteiger charge is 2.25. The van der Waals surface area contributed by atoms with E-state index in [0.29, 0.717) is 27.1 Å². The van der Waals surface area contributed by atoms with E-state index in [0.717, 1.165) is 11.8 Å². The van der Waals surface area contributed by atoms with Crippen LogP contribution in [0.15, 0.2) is 46.3 Å². The Balaban J connectivity index is 1.93. The summed E-state index contributed by atoms with van der Waals surface area (Å²) in [6.45, 7) is 0. The zero-order valence-electron chi connectivity index (χ0n) is 13.7. The van der Waals surface area contributed by atoms with Crippen molar-refractivity contribution in [3.63, 3.8) is 0 Å². The highest BCUT2D eigenvalue weighted by Crippen LogP contribution is 2.35. The monoisotopic (exact) mass is 423 g/mol. The molecule has 2 aromatic carbocycles. The van der Waals surface area contributed by atoms with E-state index in [4.69, 9.17) is 27.9 Å². The van der Waals surface area contributed by atoms with Gasteiger partial charge in [-0.2, -0.15) is 0 Å². The van der Waals surface area contributed by atoms with E-state index in [-0.39, 0.29) is 21.6 Å². The van der Waals surface area contributed by atoms with Crippen LogP contribution in [0.4, 0.5) is 11.4 Å². The second-order valence-electron chi connectivity index (χ2n) is 5.24. The number of hydrogen-bond donors (Lipinski definition) is 1. The summed E-state index contributed by atoms with van der Waals surface area (Å²) in [4.78, 5) is 27.3. The van der Waals surface area contributed by atoms with Gasteiger partial charge in [-0.05, 0) is 36.0 Å². The number of methoxy groups -OCH3 is 1. The fourth-order valence-corrected chi connectivity index (χ4v) is 3.59. The first-order valence-electron chi connectivity index (χ1n) is 7.45. The number of amides is 1. The van der Waals surface area contributed by atoms with Gasteiger partial charge in [-0.1, -0.05) is 35.3 Å². The highest BCUT2D eigenvalue weighted by atomic mass is 35.5. The summed E-state index contributed by atoms with van der Waals surface area (Å²) in [5.41, 5.74) is 0.576. The van der Waals surface area contributed by atoms with Crippen molar-refractivity contribution in [3.05, 3.63) is 67.0 Å². The summed E-state index contributed by atoms with van der Waals surface area (Å²) >= 11 is 13.0. The molecule has 0 bridgehead atoms. The molecule has 10 heteroatoms. The van der Waals surface area contributed by atoms with Crippen molar-refractivity contribution in [3.8, 4) is 5.75 Å².